The highest BCUT2D eigenvalue weighted by molar-refractivity contribution is 5.77. The van der Waals surface area contributed by atoms with Crippen molar-refractivity contribution in [1.82, 2.24) is 10.3 Å². The molecule has 2 N–H and O–H groups in total. The summed E-state index contributed by atoms with van der Waals surface area (Å²) in [4.78, 5) is 27.4. The van der Waals surface area contributed by atoms with Gasteiger partial charge in [0.25, 0.3) is 0 Å². The first-order valence-corrected chi connectivity index (χ1v) is 13.5. The van der Waals surface area contributed by atoms with Gasteiger partial charge in [0, 0.05) is 6.54 Å². The molecule has 1 aromatic heterocycles. The van der Waals surface area contributed by atoms with Gasteiger partial charge in [-0.05, 0) is 31.5 Å². The van der Waals surface area contributed by atoms with Crippen LogP contribution in [0.1, 0.15) is 25.1 Å². The minimum Gasteiger partial charge on any atom is -0.459 e. The first kappa shape index (κ1) is 32.5. The highest BCUT2D eigenvalue weighted by atomic mass is 19.4. The van der Waals surface area contributed by atoms with Crippen LogP contribution in [0.5, 0.6) is 0 Å². The summed E-state index contributed by atoms with van der Waals surface area (Å²) >= 11 is 0. The van der Waals surface area contributed by atoms with Gasteiger partial charge >= 0.3 is 12.1 Å². The number of benzene rings is 1. The highest BCUT2D eigenvalue weighted by Crippen LogP contribution is 2.37. The number of halogens is 4. The SMILES string of the molecule is CC1(C)O[C@@H]2[C@H](O1)[C@@H](Nc1nc(C(F)(F)F)ccc1F)CO[C@@H]2CNC(=O)COCCOCC(=O)OCc1ccccc1. The third kappa shape index (κ3) is 9.56. The predicted octanol–water partition coefficient (Wildman–Crippen LogP) is 2.83. The number of carbonyl (C=O) groups excluding carboxylic acids is 2. The van der Waals surface area contributed by atoms with Gasteiger partial charge in [0.05, 0.1) is 25.9 Å². The van der Waals surface area contributed by atoms with Crippen molar-refractivity contribution >= 4 is 17.7 Å². The van der Waals surface area contributed by atoms with Crippen LogP contribution in [0.25, 0.3) is 0 Å². The van der Waals surface area contributed by atoms with E-state index in [2.05, 4.69) is 15.6 Å². The molecule has 1 amide bonds. The molecule has 236 valence electrons. The van der Waals surface area contributed by atoms with Crippen LogP contribution in [0.15, 0.2) is 42.5 Å². The van der Waals surface area contributed by atoms with Gasteiger partial charge in [-0.3, -0.25) is 4.79 Å². The molecule has 2 aromatic rings. The number of amides is 1. The Morgan fingerprint density at radius 1 is 1.02 bits per heavy atom. The second kappa shape index (κ2) is 14.4. The lowest BCUT2D eigenvalue weighted by atomic mass is 9.98. The first-order valence-electron chi connectivity index (χ1n) is 13.5. The van der Waals surface area contributed by atoms with Gasteiger partial charge < -0.3 is 39.1 Å². The zero-order chi connectivity index (χ0) is 31.0. The summed E-state index contributed by atoms with van der Waals surface area (Å²) < 4.78 is 86.8. The van der Waals surface area contributed by atoms with E-state index >= 15 is 0 Å². The third-order valence-corrected chi connectivity index (χ3v) is 6.44. The van der Waals surface area contributed by atoms with Crippen molar-refractivity contribution < 1.29 is 55.6 Å². The van der Waals surface area contributed by atoms with Gasteiger partial charge in [0.1, 0.15) is 43.8 Å². The topological polar surface area (TPSA) is 126 Å². The molecule has 4 rings (SSSR count). The number of ether oxygens (including phenoxy) is 6. The number of nitrogens with zero attached hydrogens (tertiary/aromatic N) is 1. The summed E-state index contributed by atoms with van der Waals surface area (Å²) in [7, 11) is 0. The maximum atomic E-state index is 14.3. The van der Waals surface area contributed by atoms with E-state index < -0.39 is 65.5 Å². The second-order valence-corrected chi connectivity index (χ2v) is 10.3. The average molecular weight is 616 g/mol. The van der Waals surface area contributed by atoms with Gasteiger partial charge in [-0.2, -0.15) is 13.2 Å². The number of nitrogens with one attached hydrogen (secondary N) is 2. The number of rotatable bonds is 13. The van der Waals surface area contributed by atoms with Crippen molar-refractivity contribution in [2.75, 3.05) is 44.9 Å². The molecule has 0 bridgehead atoms. The molecule has 2 saturated heterocycles. The van der Waals surface area contributed by atoms with Gasteiger partial charge in [-0.1, -0.05) is 30.3 Å². The normalized spacial score (nSPS) is 22.9. The van der Waals surface area contributed by atoms with Crippen LogP contribution in [0.4, 0.5) is 23.4 Å². The number of hydrogen-bond donors (Lipinski definition) is 2. The summed E-state index contributed by atoms with van der Waals surface area (Å²) in [5.41, 5.74) is -0.390. The van der Waals surface area contributed by atoms with Crippen LogP contribution < -0.4 is 10.6 Å². The Bertz CT molecular complexity index is 1230. The first-order chi connectivity index (χ1) is 20.4. The van der Waals surface area contributed by atoms with E-state index in [1.807, 2.05) is 30.3 Å². The van der Waals surface area contributed by atoms with Crippen LogP contribution in [0.3, 0.4) is 0 Å². The Kier molecular flexibility index (Phi) is 10.9. The summed E-state index contributed by atoms with van der Waals surface area (Å²) in [6.07, 6.45) is -6.89. The van der Waals surface area contributed by atoms with Crippen molar-refractivity contribution in [3.63, 3.8) is 0 Å². The second-order valence-electron chi connectivity index (χ2n) is 10.3. The van der Waals surface area contributed by atoms with E-state index in [4.69, 9.17) is 28.4 Å². The molecular weight excluding hydrogens is 582 g/mol. The number of aromatic nitrogens is 1. The fourth-order valence-corrected chi connectivity index (χ4v) is 4.49. The summed E-state index contributed by atoms with van der Waals surface area (Å²) in [6, 6.07) is 9.65. The number of carbonyl (C=O) groups is 2. The van der Waals surface area contributed by atoms with Crippen molar-refractivity contribution in [2.24, 2.45) is 0 Å². The average Bonchev–Trinajstić information content (AvgIpc) is 3.29. The summed E-state index contributed by atoms with van der Waals surface area (Å²) in [5, 5.41) is 5.33. The monoisotopic (exact) mass is 615 g/mol. The van der Waals surface area contributed by atoms with E-state index in [1.165, 1.54) is 0 Å². The van der Waals surface area contributed by atoms with Crippen molar-refractivity contribution in [1.29, 1.82) is 0 Å². The number of fused-ring (bicyclic) bond motifs is 1. The fraction of sp³-hybridized carbons (Fsp3) is 0.536. The quantitative estimate of drug-likeness (QED) is 0.197. The molecule has 1 aromatic carbocycles. The van der Waals surface area contributed by atoms with E-state index in [-0.39, 0.29) is 46.2 Å². The lowest BCUT2D eigenvalue weighted by molar-refractivity contribution is -0.154. The van der Waals surface area contributed by atoms with Crippen LogP contribution in [-0.2, 0) is 50.8 Å². The zero-order valence-electron chi connectivity index (χ0n) is 23.5. The lowest BCUT2D eigenvalue weighted by Gasteiger charge is -2.37. The van der Waals surface area contributed by atoms with Crippen molar-refractivity contribution in [2.45, 2.75) is 56.8 Å². The standard InChI is InChI=1S/C28H33F4N3O8/c1-27(2)42-24-19(34-26-18(29)8-9-21(35-26)28(30,31)32)14-40-20(25(24)43-27)12-33-22(36)15-38-10-11-39-16-23(37)41-13-17-6-4-3-5-7-17/h3-9,19-20,24-25H,10-16H2,1-2H3,(H,33,36)(H,34,35)/t19-,20+,24+,25-/m0/s1. The Balaban J connectivity index is 1.17. The van der Waals surface area contributed by atoms with Crippen molar-refractivity contribution in [3.05, 3.63) is 59.5 Å². The largest absolute Gasteiger partial charge is 0.459 e. The molecule has 11 nitrogen and oxygen atoms in total. The smallest absolute Gasteiger partial charge is 0.433 e. The molecule has 4 atom stereocenters. The molecular formula is C28H33F4N3O8. The third-order valence-electron chi connectivity index (χ3n) is 6.44. The molecule has 0 saturated carbocycles. The molecule has 43 heavy (non-hydrogen) atoms. The van der Waals surface area contributed by atoms with Crippen LogP contribution >= 0.6 is 0 Å². The number of anilines is 1. The Hall–Kier alpha value is -3.37. The van der Waals surface area contributed by atoms with E-state index in [1.54, 1.807) is 13.8 Å². The summed E-state index contributed by atoms with van der Waals surface area (Å²) in [6.45, 7) is 2.98. The molecule has 2 aliphatic heterocycles. The molecule has 2 aliphatic rings. The van der Waals surface area contributed by atoms with Crippen LogP contribution in [-0.4, -0.2) is 86.6 Å². The Labute approximate surface area is 245 Å². The lowest BCUT2D eigenvalue weighted by Crippen LogP contribution is -2.57. The van der Waals surface area contributed by atoms with Gasteiger partial charge in [-0.15, -0.1) is 0 Å². The van der Waals surface area contributed by atoms with E-state index in [0.29, 0.717) is 12.1 Å². The zero-order valence-corrected chi connectivity index (χ0v) is 23.5. The van der Waals surface area contributed by atoms with Gasteiger partial charge in [-0.25, -0.2) is 14.2 Å². The van der Waals surface area contributed by atoms with E-state index in [0.717, 1.165) is 5.56 Å². The Morgan fingerprint density at radius 3 is 2.44 bits per heavy atom. The molecule has 0 spiro atoms. The molecule has 0 aliphatic carbocycles. The Morgan fingerprint density at radius 2 is 1.72 bits per heavy atom. The van der Waals surface area contributed by atoms with Crippen molar-refractivity contribution in [3.8, 4) is 0 Å². The summed E-state index contributed by atoms with van der Waals surface area (Å²) in [5.74, 6) is -3.60. The van der Waals surface area contributed by atoms with E-state index in [9.17, 15) is 27.2 Å². The maximum absolute atomic E-state index is 14.3. The fourth-order valence-electron chi connectivity index (χ4n) is 4.49. The number of hydrogen-bond acceptors (Lipinski definition) is 10. The van der Waals surface area contributed by atoms with Gasteiger partial charge in [0.2, 0.25) is 5.91 Å². The van der Waals surface area contributed by atoms with Crippen LogP contribution in [0, 0.1) is 5.82 Å². The van der Waals surface area contributed by atoms with Crippen LogP contribution in [0.2, 0.25) is 0 Å². The minimum absolute atomic E-state index is 0.0233. The molecule has 0 unspecified atom stereocenters. The number of pyridine rings is 1. The number of esters is 1. The molecule has 3 heterocycles. The molecule has 15 heteroatoms. The highest BCUT2D eigenvalue weighted by Gasteiger charge is 2.52. The maximum Gasteiger partial charge on any atom is 0.433 e. The minimum atomic E-state index is -4.75. The molecule has 0 radical (unpaired) electrons. The predicted molar refractivity (Wildman–Crippen MR) is 141 cm³/mol. The molecule has 2 fully saturated rings. The number of alkyl halides is 3. The van der Waals surface area contributed by atoms with Gasteiger partial charge in [0.15, 0.2) is 17.4 Å².